The van der Waals surface area contributed by atoms with Crippen LogP contribution in [0.1, 0.15) is 12.0 Å². The van der Waals surface area contributed by atoms with Gasteiger partial charge in [-0.1, -0.05) is 17.7 Å². The van der Waals surface area contributed by atoms with Gasteiger partial charge in [-0.15, -0.1) is 4.31 Å². The van der Waals surface area contributed by atoms with Crippen LogP contribution in [-0.4, -0.2) is 47.7 Å². The van der Waals surface area contributed by atoms with Crippen molar-refractivity contribution in [2.75, 3.05) is 18.7 Å². The van der Waals surface area contributed by atoms with Crippen LogP contribution in [-0.2, 0) is 30.4 Å². The number of sulfonamides is 1. The van der Waals surface area contributed by atoms with E-state index < -0.39 is 32.8 Å². The van der Waals surface area contributed by atoms with Crippen LogP contribution in [0.5, 0.6) is 0 Å². The van der Waals surface area contributed by atoms with Crippen LogP contribution < -0.4 is 0 Å². The van der Waals surface area contributed by atoms with Gasteiger partial charge in [0.2, 0.25) is 10.0 Å². The summed E-state index contributed by atoms with van der Waals surface area (Å²) in [6.07, 6.45) is 1.70. The average molecular weight is 331 g/mol. The number of carbonyl (C=O) groups excluding carboxylic acids is 1. The minimum atomic E-state index is -3.80. The predicted octanol–water partition coefficient (Wildman–Crippen LogP) is 0.637. The SMILES string of the molecule is Cc1ccc(S(=O)(=O)N2COC(=O)C2CCS(C)=O)cc1. The zero-order valence-electron chi connectivity index (χ0n) is 11.8. The van der Waals surface area contributed by atoms with E-state index in [2.05, 4.69) is 0 Å². The molecule has 6 nitrogen and oxygen atoms in total. The number of cyclic esters (lactones) is 1. The Morgan fingerprint density at radius 1 is 1.33 bits per heavy atom. The zero-order valence-corrected chi connectivity index (χ0v) is 13.4. The van der Waals surface area contributed by atoms with Gasteiger partial charge in [-0.25, -0.2) is 8.42 Å². The summed E-state index contributed by atoms with van der Waals surface area (Å²) >= 11 is 0. The fourth-order valence-electron chi connectivity index (χ4n) is 2.05. The first-order valence-corrected chi connectivity index (χ1v) is 9.54. The molecule has 1 saturated heterocycles. The molecule has 0 saturated carbocycles. The third-order valence-corrected chi connectivity index (χ3v) is 5.92. The standard InChI is InChI=1S/C13H17NO5S2/c1-10-3-5-11(6-4-10)21(17,18)14-9-19-13(15)12(14)7-8-20(2)16/h3-6,12H,7-9H2,1-2H3. The van der Waals surface area contributed by atoms with Crippen LogP contribution >= 0.6 is 0 Å². The summed E-state index contributed by atoms with van der Waals surface area (Å²) in [7, 11) is -4.89. The van der Waals surface area contributed by atoms with E-state index in [0.717, 1.165) is 9.87 Å². The van der Waals surface area contributed by atoms with Crippen LogP contribution in [0.4, 0.5) is 0 Å². The molecule has 116 valence electrons. The van der Waals surface area contributed by atoms with Gasteiger partial charge in [-0.05, 0) is 25.5 Å². The average Bonchev–Trinajstić information content (AvgIpc) is 2.78. The molecule has 1 aliphatic heterocycles. The normalized spacial score (nSPS) is 21.2. The monoisotopic (exact) mass is 331 g/mol. The third-order valence-electron chi connectivity index (χ3n) is 3.26. The maximum Gasteiger partial charge on any atom is 0.325 e. The van der Waals surface area contributed by atoms with E-state index in [0.29, 0.717) is 0 Å². The van der Waals surface area contributed by atoms with E-state index in [1.807, 2.05) is 6.92 Å². The van der Waals surface area contributed by atoms with E-state index in [1.54, 1.807) is 12.1 Å². The third kappa shape index (κ3) is 3.50. The Balaban J connectivity index is 2.27. The lowest BCUT2D eigenvalue weighted by Crippen LogP contribution is -2.39. The lowest BCUT2D eigenvalue weighted by atomic mass is 10.2. The number of esters is 1. The Hall–Kier alpha value is -1.25. The van der Waals surface area contributed by atoms with Gasteiger partial charge in [0.1, 0.15) is 6.04 Å². The molecule has 0 N–H and O–H groups in total. The van der Waals surface area contributed by atoms with Crippen LogP contribution in [0.15, 0.2) is 29.2 Å². The molecule has 0 spiro atoms. The maximum absolute atomic E-state index is 12.6. The quantitative estimate of drug-likeness (QED) is 0.740. The Bertz CT molecular complexity index is 654. The number of hydrogen-bond acceptors (Lipinski definition) is 5. The smallest absolute Gasteiger partial charge is 0.325 e. The molecule has 0 radical (unpaired) electrons. The molecule has 0 bridgehead atoms. The van der Waals surface area contributed by atoms with Crippen molar-refractivity contribution in [1.82, 2.24) is 4.31 Å². The highest BCUT2D eigenvalue weighted by Crippen LogP contribution is 2.25. The number of ether oxygens (including phenoxy) is 1. The molecule has 2 rings (SSSR count). The highest BCUT2D eigenvalue weighted by Gasteiger charge is 2.42. The molecule has 2 atom stereocenters. The fourth-order valence-corrected chi connectivity index (χ4v) is 4.08. The van der Waals surface area contributed by atoms with E-state index in [9.17, 15) is 17.4 Å². The predicted molar refractivity (Wildman–Crippen MR) is 78.5 cm³/mol. The summed E-state index contributed by atoms with van der Waals surface area (Å²) in [5.74, 6) is -0.337. The minimum Gasteiger partial charge on any atom is -0.447 e. The van der Waals surface area contributed by atoms with Crippen molar-refractivity contribution in [3.8, 4) is 0 Å². The van der Waals surface area contributed by atoms with Gasteiger partial charge in [-0.2, -0.15) is 0 Å². The molecular formula is C13H17NO5S2. The number of benzene rings is 1. The van der Waals surface area contributed by atoms with Gasteiger partial charge in [-0.3, -0.25) is 9.00 Å². The van der Waals surface area contributed by atoms with Gasteiger partial charge in [0, 0.05) is 22.8 Å². The number of nitrogens with zero attached hydrogens (tertiary/aromatic N) is 1. The lowest BCUT2D eigenvalue weighted by molar-refractivity contribution is -0.139. The topological polar surface area (TPSA) is 80.8 Å². The van der Waals surface area contributed by atoms with Crippen LogP contribution in [0.3, 0.4) is 0 Å². The highest BCUT2D eigenvalue weighted by molar-refractivity contribution is 7.89. The molecule has 1 aromatic carbocycles. The Labute approximate surface area is 126 Å². The zero-order chi connectivity index (χ0) is 15.6. The van der Waals surface area contributed by atoms with Crippen molar-refractivity contribution in [3.63, 3.8) is 0 Å². The summed E-state index contributed by atoms with van der Waals surface area (Å²) in [5.41, 5.74) is 0.945. The molecule has 21 heavy (non-hydrogen) atoms. The number of hydrogen-bond donors (Lipinski definition) is 0. The van der Waals surface area contributed by atoms with Gasteiger partial charge >= 0.3 is 5.97 Å². The molecule has 1 aliphatic rings. The lowest BCUT2D eigenvalue weighted by Gasteiger charge is -2.19. The van der Waals surface area contributed by atoms with Crippen LogP contribution in [0, 0.1) is 6.92 Å². The first kappa shape index (κ1) is 16.1. The van der Waals surface area contributed by atoms with Gasteiger partial charge in [0.05, 0.1) is 4.90 Å². The summed E-state index contributed by atoms with van der Waals surface area (Å²) in [6, 6.07) is 5.49. The Kier molecular flexibility index (Phi) is 4.80. The first-order valence-electron chi connectivity index (χ1n) is 6.37. The second-order valence-corrected chi connectivity index (χ2v) is 8.32. The van der Waals surface area contributed by atoms with Crippen LogP contribution in [0.2, 0.25) is 0 Å². The Morgan fingerprint density at radius 3 is 2.52 bits per heavy atom. The van der Waals surface area contributed by atoms with Crippen molar-refractivity contribution in [2.24, 2.45) is 0 Å². The molecule has 0 amide bonds. The largest absolute Gasteiger partial charge is 0.447 e. The summed E-state index contributed by atoms with van der Waals surface area (Å²) < 4.78 is 42.2. The second-order valence-electron chi connectivity index (χ2n) is 4.88. The number of aryl methyl sites for hydroxylation is 1. The highest BCUT2D eigenvalue weighted by atomic mass is 32.2. The number of carbonyl (C=O) groups is 1. The van der Waals surface area contributed by atoms with Gasteiger partial charge in [0.15, 0.2) is 6.73 Å². The van der Waals surface area contributed by atoms with Crippen molar-refractivity contribution < 1.29 is 22.2 Å². The summed E-state index contributed by atoms with van der Waals surface area (Å²) in [5, 5.41) is 0. The van der Waals surface area contributed by atoms with Crippen molar-refractivity contribution in [3.05, 3.63) is 29.8 Å². The molecule has 1 fully saturated rings. The van der Waals surface area contributed by atoms with Crippen molar-refractivity contribution in [1.29, 1.82) is 0 Å². The second kappa shape index (κ2) is 6.25. The molecular weight excluding hydrogens is 314 g/mol. The van der Waals surface area contributed by atoms with Gasteiger partial charge < -0.3 is 4.74 Å². The molecule has 0 aliphatic carbocycles. The maximum atomic E-state index is 12.6. The Morgan fingerprint density at radius 2 is 1.95 bits per heavy atom. The minimum absolute atomic E-state index is 0.119. The first-order chi connectivity index (χ1) is 9.82. The van der Waals surface area contributed by atoms with Crippen molar-refractivity contribution in [2.45, 2.75) is 24.3 Å². The van der Waals surface area contributed by atoms with Gasteiger partial charge in [0.25, 0.3) is 0 Å². The van der Waals surface area contributed by atoms with Crippen molar-refractivity contribution >= 4 is 26.8 Å². The molecule has 2 unspecified atom stereocenters. The molecule has 0 aromatic heterocycles. The van der Waals surface area contributed by atoms with Crippen LogP contribution in [0.25, 0.3) is 0 Å². The molecule has 1 heterocycles. The van der Waals surface area contributed by atoms with E-state index >= 15 is 0 Å². The fraction of sp³-hybridized carbons (Fsp3) is 0.462. The van der Waals surface area contributed by atoms with E-state index in [-0.39, 0.29) is 23.8 Å². The van der Waals surface area contributed by atoms with E-state index in [4.69, 9.17) is 4.74 Å². The number of rotatable bonds is 5. The molecule has 1 aromatic rings. The summed E-state index contributed by atoms with van der Waals surface area (Å²) in [6.45, 7) is 1.56. The molecule has 8 heteroatoms. The summed E-state index contributed by atoms with van der Waals surface area (Å²) in [4.78, 5) is 11.8. The van der Waals surface area contributed by atoms with E-state index in [1.165, 1.54) is 18.4 Å².